The van der Waals surface area contributed by atoms with Crippen LogP contribution in [-0.4, -0.2) is 35.1 Å². The molecular formula is C13H17N3O3. The van der Waals surface area contributed by atoms with Crippen molar-refractivity contribution in [1.29, 1.82) is 0 Å². The smallest absolute Gasteiger partial charge is 0.321 e. The number of benzene rings is 1. The summed E-state index contributed by atoms with van der Waals surface area (Å²) in [4.78, 5) is 24.7. The van der Waals surface area contributed by atoms with Crippen molar-refractivity contribution in [1.82, 2.24) is 4.90 Å². The topological polar surface area (TPSA) is 95.7 Å². The largest absolute Gasteiger partial charge is 0.481 e. The van der Waals surface area contributed by atoms with E-state index in [1.165, 1.54) is 4.90 Å². The summed E-state index contributed by atoms with van der Waals surface area (Å²) in [6.45, 7) is 2.29. The molecule has 1 fully saturated rings. The van der Waals surface area contributed by atoms with Crippen LogP contribution < -0.4 is 11.1 Å². The SMILES string of the molecule is CC1(C(=O)O)CCN(C(=O)Nc2ccccc2N)C1. The summed E-state index contributed by atoms with van der Waals surface area (Å²) in [5.74, 6) is -0.873. The summed E-state index contributed by atoms with van der Waals surface area (Å²) in [5, 5.41) is 11.8. The number of para-hydroxylation sites is 2. The van der Waals surface area contributed by atoms with E-state index < -0.39 is 11.4 Å². The van der Waals surface area contributed by atoms with Gasteiger partial charge in [-0.15, -0.1) is 0 Å². The van der Waals surface area contributed by atoms with E-state index in [4.69, 9.17) is 10.8 Å². The summed E-state index contributed by atoms with van der Waals surface area (Å²) in [7, 11) is 0. The Bertz CT molecular complexity index is 518. The standard InChI is InChI=1S/C13H17N3O3/c1-13(11(17)18)6-7-16(8-13)12(19)15-10-5-3-2-4-9(10)14/h2-5H,6-8,14H2,1H3,(H,15,19)(H,17,18). The van der Waals surface area contributed by atoms with Crippen molar-refractivity contribution >= 4 is 23.4 Å². The number of carbonyl (C=O) groups excluding carboxylic acids is 1. The molecule has 1 heterocycles. The van der Waals surface area contributed by atoms with E-state index in [1.54, 1.807) is 31.2 Å². The predicted octanol–water partition coefficient (Wildman–Crippen LogP) is 1.60. The fourth-order valence-electron chi connectivity index (χ4n) is 2.11. The van der Waals surface area contributed by atoms with Gasteiger partial charge < -0.3 is 21.1 Å². The zero-order chi connectivity index (χ0) is 14.0. The molecule has 1 saturated heterocycles. The Kier molecular flexibility index (Phi) is 3.33. The number of carbonyl (C=O) groups is 2. The second kappa shape index (κ2) is 4.79. The second-order valence-corrected chi connectivity index (χ2v) is 5.05. The molecule has 0 bridgehead atoms. The number of carboxylic acid groups (broad SMARTS) is 1. The number of nitrogens with two attached hydrogens (primary N) is 1. The minimum absolute atomic E-state index is 0.209. The molecular weight excluding hydrogens is 246 g/mol. The first kappa shape index (κ1) is 13.2. The van der Waals surface area contributed by atoms with Crippen molar-refractivity contribution in [2.75, 3.05) is 24.1 Å². The lowest BCUT2D eigenvalue weighted by Gasteiger charge is -2.20. The molecule has 6 nitrogen and oxygen atoms in total. The number of hydrogen-bond acceptors (Lipinski definition) is 3. The van der Waals surface area contributed by atoms with E-state index in [2.05, 4.69) is 5.32 Å². The summed E-state index contributed by atoms with van der Waals surface area (Å²) < 4.78 is 0. The van der Waals surface area contributed by atoms with E-state index >= 15 is 0 Å². The average molecular weight is 263 g/mol. The third-order valence-corrected chi connectivity index (χ3v) is 3.48. The van der Waals surface area contributed by atoms with E-state index in [0.717, 1.165) is 0 Å². The number of hydrogen-bond donors (Lipinski definition) is 3. The Morgan fingerprint density at radius 1 is 1.42 bits per heavy atom. The van der Waals surface area contributed by atoms with Gasteiger partial charge >= 0.3 is 12.0 Å². The maximum Gasteiger partial charge on any atom is 0.321 e. The summed E-state index contributed by atoms with van der Waals surface area (Å²) in [5.41, 5.74) is 5.90. The number of urea groups is 1. The molecule has 1 unspecified atom stereocenters. The monoisotopic (exact) mass is 263 g/mol. The third-order valence-electron chi connectivity index (χ3n) is 3.48. The highest BCUT2D eigenvalue weighted by molar-refractivity contribution is 5.93. The van der Waals surface area contributed by atoms with Crippen molar-refractivity contribution in [2.24, 2.45) is 5.41 Å². The molecule has 19 heavy (non-hydrogen) atoms. The summed E-state index contributed by atoms with van der Waals surface area (Å²) in [6.07, 6.45) is 0.458. The van der Waals surface area contributed by atoms with Crippen molar-refractivity contribution in [3.63, 3.8) is 0 Å². The van der Waals surface area contributed by atoms with Crippen LogP contribution in [0.25, 0.3) is 0 Å². The predicted molar refractivity (Wildman–Crippen MR) is 71.8 cm³/mol. The third kappa shape index (κ3) is 2.62. The van der Waals surface area contributed by atoms with Crippen LogP contribution in [0.5, 0.6) is 0 Å². The molecule has 0 spiro atoms. The molecule has 2 amide bonds. The van der Waals surface area contributed by atoms with E-state index in [0.29, 0.717) is 24.3 Å². The quantitative estimate of drug-likeness (QED) is 0.706. The molecule has 0 aromatic heterocycles. The van der Waals surface area contributed by atoms with Crippen LogP contribution in [0.2, 0.25) is 0 Å². The molecule has 2 rings (SSSR count). The number of nitrogens with zero attached hydrogens (tertiary/aromatic N) is 1. The highest BCUT2D eigenvalue weighted by Gasteiger charge is 2.42. The van der Waals surface area contributed by atoms with Crippen LogP contribution in [0.4, 0.5) is 16.2 Å². The van der Waals surface area contributed by atoms with Crippen LogP contribution in [0.3, 0.4) is 0 Å². The van der Waals surface area contributed by atoms with Gasteiger partial charge in [0.1, 0.15) is 0 Å². The Morgan fingerprint density at radius 2 is 2.11 bits per heavy atom. The molecule has 102 valence electrons. The van der Waals surface area contributed by atoms with Gasteiger partial charge in [0.15, 0.2) is 0 Å². The molecule has 0 aliphatic carbocycles. The first-order valence-electron chi connectivity index (χ1n) is 6.06. The van der Waals surface area contributed by atoms with Gasteiger partial charge in [-0.3, -0.25) is 4.79 Å². The minimum Gasteiger partial charge on any atom is -0.481 e. The molecule has 0 saturated carbocycles. The molecule has 1 atom stereocenters. The number of nitrogen functional groups attached to an aromatic ring is 1. The molecule has 1 aliphatic heterocycles. The number of amides is 2. The van der Waals surface area contributed by atoms with E-state index in [9.17, 15) is 9.59 Å². The van der Waals surface area contributed by atoms with Gasteiger partial charge in [0.2, 0.25) is 0 Å². The summed E-state index contributed by atoms with van der Waals surface area (Å²) in [6, 6.07) is 6.64. The van der Waals surface area contributed by atoms with Gasteiger partial charge in [-0.05, 0) is 25.5 Å². The van der Waals surface area contributed by atoms with Crippen LogP contribution in [0.1, 0.15) is 13.3 Å². The molecule has 1 aromatic rings. The van der Waals surface area contributed by atoms with Crippen LogP contribution in [-0.2, 0) is 4.79 Å². The lowest BCUT2D eigenvalue weighted by molar-refractivity contribution is -0.146. The van der Waals surface area contributed by atoms with E-state index in [1.807, 2.05) is 0 Å². The van der Waals surface area contributed by atoms with Crippen LogP contribution >= 0.6 is 0 Å². The lowest BCUT2D eigenvalue weighted by Crippen LogP contribution is -2.37. The number of carboxylic acids is 1. The second-order valence-electron chi connectivity index (χ2n) is 5.05. The first-order chi connectivity index (χ1) is 8.92. The average Bonchev–Trinajstić information content (AvgIpc) is 2.76. The van der Waals surface area contributed by atoms with Gasteiger partial charge in [-0.1, -0.05) is 12.1 Å². The van der Waals surface area contributed by atoms with Crippen molar-refractivity contribution < 1.29 is 14.7 Å². The number of anilines is 2. The highest BCUT2D eigenvalue weighted by atomic mass is 16.4. The Labute approximate surface area is 111 Å². The van der Waals surface area contributed by atoms with Crippen molar-refractivity contribution in [2.45, 2.75) is 13.3 Å². The number of nitrogens with one attached hydrogen (secondary N) is 1. The van der Waals surface area contributed by atoms with Gasteiger partial charge in [-0.2, -0.15) is 0 Å². The summed E-state index contributed by atoms with van der Waals surface area (Å²) >= 11 is 0. The lowest BCUT2D eigenvalue weighted by atomic mass is 9.90. The van der Waals surface area contributed by atoms with Gasteiger partial charge in [0, 0.05) is 13.1 Å². The zero-order valence-corrected chi connectivity index (χ0v) is 10.7. The maximum atomic E-state index is 12.0. The Hall–Kier alpha value is -2.24. The van der Waals surface area contributed by atoms with Crippen LogP contribution in [0.15, 0.2) is 24.3 Å². The maximum absolute atomic E-state index is 12.0. The highest BCUT2D eigenvalue weighted by Crippen LogP contribution is 2.30. The van der Waals surface area contributed by atoms with Crippen molar-refractivity contribution in [3.05, 3.63) is 24.3 Å². The molecule has 4 N–H and O–H groups in total. The van der Waals surface area contributed by atoms with Crippen molar-refractivity contribution in [3.8, 4) is 0 Å². The normalized spacial score (nSPS) is 22.3. The molecule has 6 heteroatoms. The molecule has 1 aromatic carbocycles. The fourth-order valence-corrected chi connectivity index (χ4v) is 2.11. The van der Waals surface area contributed by atoms with E-state index in [-0.39, 0.29) is 12.6 Å². The molecule has 1 aliphatic rings. The molecule has 0 radical (unpaired) electrons. The number of aliphatic carboxylic acids is 1. The Balaban J connectivity index is 2.03. The first-order valence-corrected chi connectivity index (χ1v) is 6.06. The van der Waals surface area contributed by atoms with Gasteiger partial charge in [0.05, 0.1) is 16.8 Å². The number of rotatable bonds is 2. The van der Waals surface area contributed by atoms with Gasteiger partial charge in [-0.25, -0.2) is 4.79 Å². The van der Waals surface area contributed by atoms with Gasteiger partial charge in [0.25, 0.3) is 0 Å². The zero-order valence-electron chi connectivity index (χ0n) is 10.7. The number of likely N-dealkylation sites (tertiary alicyclic amines) is 1. The minimum atomic E-state index is -0.873. The fraction of sp³-hybridized carbons (Fsp3) is 0.385. The Morgan fingerprint density at radius 3 is 2.68 bits per heavy atom. The van der Waals surface area contributed by atoms with Crippen LogP contribution in [0, 0.1) is 5.41 Å².